The van der Waals surface area contributed by atoms with Crippen LogP contribution in [0, 0.1) is 12.8 Å². The van der Waals surface area contributed by atoms with E-state index in [1.165, 1.54) is 5.56 Å². The minimum Gasteiger partial charge on any atom is -0.302 e. The van der Waals surface area contributed by atoms with Gasteiger partial charge in [0.15, 0.2) is 5.82 Å². The van der Waals surface area contributed by atoms with Crippen molar-refractivity contribution in [2.75, 3.05) is 32.7 Å². The molecule has 0 spiro atoms. The highest BCUT2D eigenvalue weighted by molar-refractivity contribution is 5.08. The highest BCUT2D eigenvalue weighted by Crippen LogP contribution is 2.25. The Balaban J connectivity index is 1.64. The van der Waals surface area contributed by atoms with Crippen LogP contribution in [0.4, 0.5) is 0 Å². The van der Waals surface area contributed by atoms with Gasteiger partial charge in [0.05, 0.1) is 6.04 Å². The van der Waals surface area contributed by atoms with E-state index in [-0.39, 0.29) is 0 Å². The molecule has 6 heteroatoms. The van der Waals surface area contributed by atoms with E-state index in [4.69, 9.17) is 0 Å². The number of pyridine rings is 1. The third kappa shape index (κ3) is 5.09. The molecular weight excluding hydrogens is 312 g/mol. The Kier molecular flexibility index (Phi) is 6.15. The van der Waals surface area contributed by atoms with Gasteiger partial charge in [-0.15, -0.1) is 0 Å². The summed E-state index contributed by atoms with van der Waals surface area (Å²) in [6, 6.07) is 4.49. The van der Waals surface area contributed by atoms with Crippen molar-refractivity contribution in [3.8, 4) is 0 Å². The van der Waals surface area contributed by atoms with Crippen LogP contribution in [0.25, 0.3) is 0 Å². The summed E-state index contributed by atoms with van der Waals surface area (Å²) in [6.07, 6.45) is 5.95. The Hall–Kier alpha value is -1.79. The maximum absolute atomic E-state index is 4.62. The molecule has 1 fully saturated rings. The molecule has 3 rings (SSSR count). The standard InChI is InChI=1S/C19H30N6/c1-15(2)14-25-12-11-24(9-6-17-5-4-8-20-13-17)10-7-18(25)19-21-16(3)22-23-19/h4-5,8,13,15,18H,6-7,9-12,14H2,1-3H3,(H,21,22,23). The quantitative estimate of drug-likeness (QED) is 0.874. The van der Waals surface area contributed by atoms with E-state index in [1.807, 2.05) is 25.4 Å². The summed E-state index contributed by atoms with van der Waals surface area (Å²) < 4.78 is 0. The van der Waals surface area contributed by atoms with Crippen molar-refractivity contribution < 1.29 is 0 Å². The summed E-state index contributed by atoms with van der Waals surface area (Å²) >= 11 is 0. The average Bonchev–Trinajstić information content (AvgIpc) is 2.92. The summed E-state index contributed by atoms with van der Waals surface area (Å²) in [6.45, 7) is 12.0. The number of hydrogen-bond acceptors (Lipinski definition) is 5. The molecule has 2 aromatic rings. The van der Waals surface area contributed by atoms with Crippen molar-refractivity contribution in [3.63, 3.8) is 0 Å². The molecule has 0 saturated carbocycles. The Morgan fingerprint density at radius 1 is 1.28 bits per heavy atom. The molecule has 0 aromatic carbocycles. The largest absolute Gasteiger partial charge is 0.302 e. The van der Waals surface area contributed by atoms with E-state index in [9.17, 15) is 0 Å². The smallest absolute Gasteiger partial charge is 0.167 e. The molecule has 0 amide bonds. The monoisotopic (exact) mass is 342 g/mol. The molecule has 136 valence electrons. The van der Waals surface area contributed by atoms with E-state index in [0.29, 0.717) is 12.0 Å². The number of aryl methyl sites for hydroxylation is 1. The number of nitrogens with one attached hydrogen (secondary N) is 1. The van der Waals surface area contributed by atoms with E-state index < -0.39 is 0 Å². The number of hydrogen-bond donors (Lipinski definition) is 1. The third-order valence-electron chi connectivity index (χ3n) is 4.81. The first-order chi connectivity index (χ1) is 12.1. The molecule has 0 bridgehead atoms. The van der Waals surface area contributed by atoms with Crippen molar-refractivity contribution in [2.45, 2.75) is 39.7 Å². The molecule has 3 heterocycles. The SMILES string of the molecule is Cc1nc(C2CCN(CCc3cccnc3)CCN2CC(C)C)n[nH]1. The first kappa shape index (κ1) is 18.0. The maximum Gasteiger partial charge on any atom is 0.167 e. The van der Waals surface area contributed by atoms with Crippen molar-refractivity contribution in [1.82, 2.24) is 30.0 Å². The van der Waals surface area contributed by atoms with Crippen LogP contribution in [-0.4, -0.2) is 62.7 Å². The predicted octanol–water partition coefficient (Wildman–Crippen LogP) is 2.46. The van der Waals surface area contributed by atoms with Gasteiger partial charge in [0.25, 0.3) is 0 Å². The van der Waals surface area contributed by atoms with Crippen LogP contribution in [0.5, 0.6) is 0 Å². The highest BCUT2D eigenvalue weighted by atomic mass is 15.3. The Labute approximate surface area is 150 Å². The van der Waals surface area contributed by atoms with E-state index in [1.54, 1.807) is 0 Å². The lowest BCUT2D eigenvalue weighted by Crippen LogP contribution is -2.35. The van der Waals surface area contributed by atoms with Gasteiger partial charge in [-0.25, -0.2) is 4.98 Å². The number of rotatable bonds is 6. The second kappa shape index (κ2) is 8.54. The number of H-pyrrole nitrogens is 1. The Morgan fingerprint density at radius 2 is 2.16 bits per heavy atom. The van der Waals surface area contributed by atoms with Gasteiger partial charge in [0.1, 0.15) is 5.82 Å². The van der Waals surface area contributed by atoms with Crippen molar-refractivity contribution >= 4 is 0 Å². The van der Waals surface area contributed by atoms with Gasteiger partial charge in [-0.1, -0.05) is 19.9 Å². The summed E-state index contributed by atoms with van der Waals surface area (Å²) in [5.41, 5.74) is 1.31. The lowest BCUT2D eigenvalue weighted by atomic mass is 10.1. The topological polar surface area (TPSA) is 60.9 Å². The number of nitrogens with zero attached hydrogens (tertiary/aromatic N) is 5. The molecule has 1 unspecified atom stereocenters. The Bertz CT molecular complexity index is 638. The van der Waals surface area contributed by atoms with Crippen LogP contribution in [0.1, 0.15) is 43.5 Å². The fourth-order valence-electron chi connectivity index (χ4n) is 3.57. The first-order valence-electron chi connectivity index (χ1n) is 9.36. The van der Waals surface area contributed by atoms with Gasteiger partial charge in [0, 0.05) is 45.1 Å². The summed E-state index contributed by atoms with van der Waals surface area (Å²) in [7, 11) is 0. The summed E-state index contributed by atoms with van der Waals surface area (Å²) in [5, 5.41) is 7.46. The molecule has 0 radical (unpaired) electrons. The summed E-state index contributed by atoms with van der Waals surface area (Å²) in [4.78, 5) is 14.0. The number of aromatic amines is 1. The number of aromatic nitrogens is 4. The van der Waals surface area contributed by atoms with Gasteiger partial charge in [-0.3, -0.25) is 15.0 Å². The maximum atomic E-state index is 4.62. The van der Waals surface area contributed by atoms with Crippen LogP contribution in [0.3, 0.4) is 0 Å². The van der Waals surface area contributed by atoms with Gasteiger partial charge >= 0.3 is 0 Å². The molecule has 1 aliphatic rings. The second-order valence-electron chi connectivity index (χ2n) is 7.43. The van der Waals surface area contributed by atoms with Gasteiger partial charge in [0.2, 0.25) is 0 Å². The fourth-order valence-corrected chi connectivity index (χ4v) is 3.57. The Morgan fingerprint density at radius 3 is 2.84 bits per heavy atom. The molecular formula is C19H30N6. The molecule has 1 aliphatic heterocycles. The average molecular weight is 342 g/mol. The van der Waals surface area contributed by atoms with Crippen LogP contribution in [0.15, 0.2) is 24.5 Å². The lowest BCUT2D eigenvalue weighted by molar-refractivity contribution is 0.176. The summed E-state index contributed by atoms with van der Waals surface area (Å²) in [5.74, 6) is 2.49. The zero-order valence-electron chi connectivity index (χ0n) is 15.6. The zero-order chi connectivity index (χ0) is 17.6. The minimum atomic E-state index is 0.316. The first-order valence-corrected chi connectivity index (χ1v) is 9.36. The molecule has 0 aliphatic carbocycles. The molecule has 1 atom stereocenters. The van der Waals surface area contributed by atoms with Crippen LogP contribution in [-0.2, 0) is 6.42 Å². The minimum absolute atomic E-state index is 0.316. The van der Waals surface area contributed by atoms with Crippen molar-refractivity contribution in [3.05, 3.63) is 41.7 Å². The molecule has 1 N–H and O–H groups in total. The molecule has 2 aromatic heterocycles. The fraction of sp³-hybridized carbons (Fsp3) is 0.632. The second-order valence-corrected chi connectivity index (χ2v) is 7.43. The predicted molar refractivity (Wildman–Crippen MR) is 99.3 cm³/mol. The van der Waals surface area contributed by atoms with Crippen LogP contribution in [0.2, 0.25) is 0 Å². The van der Waals surface area contributed by atoms with E-state index in [0.717, 1.165) is 57.2 Å². The van der Waals surface area contributed by atoms with Gasteiger partial charge < -0.3 is 4.90 Å². The van der Waals surface area contributed by atoms with Crippen LogP contribution >= 0.6 is 0 Å². The van der Waals surface area contributed by atoms with Gasteiger partial charge in [-0.2, -0.15) is 5.10 Å². The van der Waals surface area contributed by atoms with Crippen LogP contribution < -0.4 is 0 Å². The lowest BCUT2D eigenvalue weighted by Gasteiger charge is -2.29. The normalized spacial score (nSPS) is 20.1. The molecule has 6 nitrogen and oxygen atoms in total. The van der Waals surface area contributed by atoms with E-state index >= 15 is 0 Å². The third-order valence-corrected chi connectivity index (χ3v) is 4.81. The molecule has 25 heavy (non-hydrogen) atoms. The molecule has 1 saturated heterocycles. The van der Waals surface area contributed by atoms with Gasteiger partial charge in [-0.05, 0) is 37.3 Å². The van der Waals surface area contributed by atoms with Crippen molar-refractivity contribution in [2.24, 2.45) is 5.92 Å². The van der Waals surface area contributed by atoms with Crippen molar-refractivity contribution in [1.29, 1.82) is 0 Å². The zero-order valence-corrected chi connectivity index (χ0v) is 15.6. The van der Waals surface area contributed by atoms with E-state index in [2.05, 4.69) is 49.9 Å². The highest BCUT2D eigenvalue weighted by Gasteiger charge is 2.28.